The molecule has 1 heterocycles. The first-order valence-corrected chi connectivity index (χ1v) is 8.36. The summed E-state index contributed by atoms with van der Waals surface area (Å²) in [6, 6.07) is 7.60. The summed E-state index contributed by atoms with van der Waals surface area (Å²) in [6.45, 7) is 7.16. The molecule has 7 nitrogen and oxygen atoms in total. The van der Waals surface area contributed by atoms with Gasteiger partial charge in [-0.25, -0.2) is 0 Å². The van der Waals surface area contributed by atoms with E-state index in [0.717, 1.165) is 38.3 Å². The fourth-order valence-corrected chi connectivity index (χ4v) is 2.59. The summed E-state index contributed by atoms with van der Waals surface area (Å²) in [5, 5.41) is 18.3. The molecule has 0 radical (unpaired) electrons. The third-order valence-electron chi connectivity index (χ3n) is 4.02. The molecule has 2 rings (SSSR count). The molecular weight excluding hydrogens is 318 g/mol. The summed E-state index contributed by atoms with van der Waals surface area (Å²) in [6.07, 6.45) is 1.41. The lowest BCUT2D eigenvalue weighted by Crippen LogP contribution is -2.46. The van der Waals surface area contributed by atoms with Crippen LogP contribution in [0.25, 0.3) is 0 Å². The van der Waals surface area contributed by atoms with Gasteiger partial charge in [-0.05, 0) is 24.6 Å². The molecule has 7 heteroatoms. The van der Waals surface area contributed by atoms with Gasteiger partial charge in [-0.3, -0.25) is 9.69 Å². The van der Waals surface area contributed by atoms with Gasteiger partial charge in [0.1, 0.15) is 17.4 Å². The number of anilines is 1. The molecule has 0 unspecified atom stereocenters. The fourth-order valence-electron chi connectivity index (χ4n) is 2.59. The number of nitrogens with zero attached hydrogens (tertiary/aromatic N) is 2. The van der Waals surface area contributed by atoms with Gasteiger partial charge in [0.2, 0.25) is 0 Å². The van der Waals surface area contributed by atoms with Gasteiger partial charge in [0.05, 0.1) is 12.8 Å². The number of benzene rings is 1. The van der Waals surface area contributed by atoms with Crippen LogP contribution in [0.15, 0.2) is 30.0 Å². The Morgan fingerprint density at radius 2 is 2.20 bits per heavy atom. The van der Waals surface area contributed by atoms with Gasteiger partial charge in [-0.2, -0.15) is 5.26 Å². The van der Waals surface area contributed by atoms with Crippen molar-refractivity contribution in [1.82, 2.24) is 15.5 Å². The number of methoxy groups -OCH3 is 1. The molecule has 1 aromatic carbocycles. The molecule has 1 saturated heterocycles. The van der Waals surface area contributed by atoms with Crippen LogP contribution in [0.3, 0.4) is 0 Å². The monoisotopic (exact) mass is 343 g/mol. The molecule has 0 bridgehead atoms. The topological polar surface area (TPSA) is 89.4 Å². The van der Waals surface area contributed by atoms with Gasteiger partial charge in [0, 0.05) is 45.5 Å². The molecule has 0 aliphatic carbocycles. The van der Waals surface area contributed by atoms with Crippen LogP contribution in [0.2, 0.25) is 0 Å². The molecule has 134 valence electrons. The van der Waals surface area contributed by atoms with Crippen molar-refractivity contribution in [2.45, 2.75) is 6.92 Å². The van der Waals surface area contributed by atoms with E-state index in [0.29, 0.717) is 18.0 Å². The minimum absolute atomic E-state index is 0.0314. The Morgan fingerprint density at radius 3 is 2.88 bits per heavy atom. The number of carbonyl (C=O) groups is 1. The Kier molecular flexibility index (Phi) is 7.26. The number of piperazine rings is 1. The number of rotatable bonds is 7. The van der Waals surface area contributed by atoms with E-state index in [1.54, 1.807) is 7.11 Å². The average Bonchev–Trinajstić information content (AvgIpc) is 2.63. The highest BCUT2D eigenvalue weighted by molar-refractivity contribution is 5.97. The summed E-state index contributed by atoms with van der Waals surface area (Å²) in [5.41, 5.74) is 1.79. The van der Waals surface area contributed by atoms with E-state index in [4.69, 9.17) is 4.74 Å². The molecule has 1 aliphatic rings. The van der Waals surface area contributed by atoms with Crippen LogP contribution in [0.4, 0.5) is 5.69 Å². The second-order valence-electron chi connectivity index (χ2n) is 5.87. The summed E-state index contributed by atoms with van der Waals surface area (Å²) in [5.74, 6) is 0.273. The number of aryl methyl sites for hydroxylation is 1. The highest BCUT2D eigenvalue weighted by Gasteiger charge is 2.12. The molecule has 0 spiro atoms. The van der Waals surface area contributed by atoms with Crippen molar-refractivity contribution in [3.63, 3.8) is 0 Å². The Bertz CT molecular complexity index is 660. The number of carbonyl (C=O) groups excluding carboxylic acids is 1. The highest BCUT2D eigenvalue weighted by Crippen LogP contribution is 2.25. The second-order valence-corrected chi connectivity index (χ2v) is 5.87. The largest absolute Gasteiger partial charge is 0.495 e. The zero-order valence-electron chi connectivity index (χ0n) is 14.8. The highest BCUT2D eigenvalue weighted by atomic mass is 16.5. The Labute approximate surface area is 148 Å². The predicted octanol–water partition coefficient (Wildman–Crippen LogP) is 0.844. The van der Waals surface area contributed by atoms with E-state index in [1.165, 1.54) is 6.20 Å². The molecule has 1 amide bonds. The van der Waals surface area contributed by atoms with Gasteiger partial charge in [-0.15, -0.1) is 0 Å². The van der Waals surface area contributed by atoms with E-state index in [1.807, 2.05) is 31.2 Å². The minimum atomic E-state index is -0.378. The first-order valence-electron chi connectivity index (χ1n) is 8.36. The van der Waals surface area contributed by atoms with Crippen molar-refractivity contribution in [3.05, 3.63) is 35.5 Å². The Balaban J connectivity index is 1.89. The summed E-state index contributed by atoms with van der Waals surface area (Å²) in [4.78, 5) is 14.4. The molecule has 1 fully saturated rings. The molecule has 0 aromatic heterocycles. The van der Waals surface area contributed by atoms with Crippen LogP contribution < -0.4 is 20.7 Å². The molecule has 0 saturated carbocycles. The number of hydrogen-bond donors (Lipinski definition) is 3. The maximum Gasteiger partial charge on any atom is 0.263 e. The van der Waals surface area contributed by atoms with Crippen LogP contribution in [0.1, 0.15) is 5.56 Å². The lowest BCUT2D eigenvalue weighted by molar-refractivity contribution is -0.117. The molecular formula is C18H25N5O2. The van der Waals surface area contributed by atoms with Crippen molar-refractivity contribution >= 4 is 11.6 Å². The standard InChI is InChI=1S/C18H25N5O2/c1-14-3-4-17(25-2)16(11-14)22-13-15(12-19)18(24)21-7-10-23-8-5-20-6-9-23/h3-4,11,13,20,22H,5-10H2,1-2H3,(H,21,24)/b15-13-. The molecule has 25 heavy (non-hydrogen) atoms. The normalized spacial score (nSPS) is 15.3. The summed E-state index contributed by atoms with van der Waals surface area (Å²) < 4.78 is 5.27. The van der Waals surface area contributed by atoms with Gasteiger partial charge in [-0.1, -0.05) is 6.07 Å². The van der Waals surface area contributed by atoms with Crippen molar-refractivity contribution in [3.8, 4) is 11.8 Å². The van der Waals surface area contributed by atoms with E-state index >= 15 is 0 Å². The van der Waals surface area contributed by atoms with Crippen LogP contribution >= 0.6 is 0 Å². The predicted molar refractivity (Wildman–Crippen MR) is 97.4 cm³/mol. The third-order valence-corrected chi connectivity index (χ3v) is 4.02. The van der Waals surface area contributed by atoms with Gasteiger partial charge < -0.3 is 20.7 Å². The van der Waals surface area contributed by atoms with E-state index in [-0.39, 0.29) is 11.5 Å². The van der Waals surface area contributed by atoms with Gasteiger partial charge in [0.15, 0.2) is 0 Å². The molecule has 3 N–H and O–H groups in total. The van der Waals surface area contributed by atoms with Gasteiger partial charge >= 0.3 is 0 Å². The SMILES string of the molecule is COc1ccc(C)cc1N/C=C(/C#N)C(=O)NCCN1CCNCC1. The molecule has 1 aromatic rings. The van der Waals surface area contributed by atoms with E-state index in [9.17, 15) is 10.1 Å². The van der Waals surface area contributed by atoms with Crippen LogP contribution in [0.5, 0.6) is 5.75 Å². The summed E-state index contributed by atoms with van der Waals surface area (Å²) in [7, 11) is 1.58. The zero-order chi connectivity index (χ0) is 18.1. The number of nitriles is 1. The smallest absolute Gasteiger partial charge is 0.263 e. The molecule has 0 atom stereocenters. The van der Waals surface area contributed by atoms with Crippen molar-refractivity contribution < 1.29 is 9.53 Å². The maximum atomic E-state index is 12.2. The first-order chi connectivity index (χ1) is 12.1. The van der Waals surface area contributed by atoms with Crippen molar-refractivity contribution in [2.24, 2.45) is 0 Å². The zero-order valence-corrected chi connectivity index (χ0v) is 14.8. The van der Waals surface area contributed by atoms with Crippen LogP contribution in [-0.4, -0.2) is 57.2 Å². The Morgan fingerprint density at radius 1 is 1.44 bits per heavy atom. The van der Waals surface area contributed by atoms with Crippen molar-refractivity contribution in [1.29, 1.82) is 5.26 Å². The minimum Gasteiger partial charge on any atom is -0.495 e. The van der Waals surface area contributed by atoms with E-state index in [2.05, 4.69) is 20.9 Å². The average molecular weight is 343 g/mol. The third kappa shape index (κ3) is 5.78. The van der Waals surface area contributed by atoms with Crippen molar-refractivity contribution in [2.75, 3.05) is 51.7 Å². The number of hydrogen-bond acceptors (Lipinski definition) is 6. The quantitative estimate of drug-likeness (QED) is 0.502. The lowest BCUT2D eigenvalue weighted by atomic mass is 10.2. The van der Waals surface area contributed by atoms with Crippen LogP contribution in [0, 0.1) is 18.3 Å². The number of ether oxygens (including phenoxy) is 1. The van der Waals surface area contributed by atoms with E-state index < -0.39 is 0 Å². The fraction of sp³-hybridized carbons (Fsp3) is 0.444. The molecule has 1 aliphatic heterocycles. The lowest BCUT2D eigenvalue weighted by Gasteiger charge is -2.27. The maximum absolute atomic E-state index is 12.2. The van der Waals surface area contributed by atoms with Crippen LogP contribution in [-0.2, 0) is 4.79 Å². The summed E-state index contributed by atoms with van der Waals surface area (Å²) >= 11 is 0. The first kappa shape index (κ1) is 18.8. The second kappa shape index (κ2) is 9.67. The Hall–Kier alpha value is -2.56. The number of amides is 1. The number of nitrogens with one attached hydrogen (secondary N) is 3. The van der Waals surface area contributed by atoms with Gasteiger partial charge in [0.25, 0.3) is 5.91 Å².